The molecule has 0 saturated heterocycles. The number of aryl methyl sites for hydroxylation is 1. The molecule has 0 amide bonds. The minimum absolute atomic E-state index is 0.315. The first kappa shape index (κ1) is 25.1. The summed E-state index contributed by atoms with van der Waals surface area (Å²) < 4.78 is 46.4. The highest BCUT2D eigenvalue weighted by Gasteiger charge is 2.33. The summed E-state index contributed by atoms with van der Waals surface area (Å²) in [5.74, 6) is 0.356. The van der Waals surface area contributed by atoms with E-state index in [0.717, 1.165) is 35.2 Å². The molecule has 36 heavy (non-hydrogen) atoms. The van der Waals surface area contributed by atoms with Crippen LogP contribution in [-0.2, 0) is 17.6 Å². The Morgan fingerprint density at radius 3 is 2.25 bits per heavy atom. The fourth-order valence-electron chi connectivity index (χ4n) is 4.39. The number of hydrogen-bond acceptors (Lipinski definition) is 3. The molecule has 9 heteroatoms. The highest BCUT2D eigenvalue weighted by molar-refractivity contribution is 6.50. The third-order valence-corrected chi connectivity index (χ3v) is 5.72. The molecule has 184 valence electrons. The standard InChI is InChI=1S/C27H23N2O2.BF4/c1-2-31-27(30)24-18-23(19-10-4-3-5-11-19)22-16-15-20-12-6-7-13-21(20)26(22)29(24)25-14-8-9-17-28-25;2-1(3,4)5/h3-14,17-18H,2,15-16H2,1H3;/q+1;-1. The van der Waals surface area contributed by atoms with Gasteiger partial charge in [-0.1, -0.05) is 60.7 Å². The summed E-state index contributed by atoms with van der Waals surface area (Å²) in [7, 11) is -6.00. The van der Waals surface area contributed by atoms with Gasteiger partial charge in [-0.25, -0.2) is 4.79 Å². The molecule has 5 rings (SSSR count). The van der Waals surface area contributed by atoms with Crippen molar-refractivity contribution in [3.63, 3.8) is 0 Å². The van der Waals surface area contributed by atoms with Gasteiger partial charge in [0.2, 0.25) is 5.69 Å². The molecule has 1 aliphatic rings. The van der Waals surface area contributed by atoms with Crippen molar-refractivity contribution in [2.45, 2.75) is 19.8 Å². The van der Waals surface area contributed by atoms with Gasteiger partial charge in [-0.15, -0.1) is 0 Å². The Hall–Kier alpha value is -4.01. The van der Waals surface area contributed by atoms with Crippen molar-refractivity contribution in [2.24, 2.45) is 0 Å². The van der Waals surface area contributed by atoms with E-state index < -0.39 is 7.25 Å². The molecular weight excluding hydrogens is 471 g/mol. The smallest absolute Gasteiger partial charge is 0.460 e. The van der Waals surface area contributed by atoms with Crippen LogP contribution in [0.3, 0.4) is 0 Å². The van der Waals surface area contributed by atoms with E-state index >= 15 is 0 Å². The number of halogens is 4. The SMILES string of the molecule is CCOC(=O)c1cc(-c2ccccc2)c2c([n+]1-c1ccccn1)-c1ccccc1CC2.F[B-](F)(F)F. The van der Waals surface area contributed by atoms with Gasteiger partial charge in [0.25, 0.3) is 0 Å². The summed E-state index contributed by atoms with van der Waals surface area (Å²) >= 11 is 0. The number of rotatable bonds is 4. The third kappa shape index (κ3) is 5.62. The molecule has 0 N–H and O–H groups in total. The van der Waals surface area contributed by atoms with Gasteiger partial charge in [0.05, 0.1) is 6.61 Å². The largest absolute Gasteiger partial charge is 0.673 e. The Morgan fingerprint density at radius 2 is 1.58 bits per heavy atom. The average Bonchev–Trinajstić information content (AvgIpc) is 2.87. The number of hydrogen-bond donors (Lipinski definition) is 0. The van der Waals surface area contributed by atoms with Gasteiger partial charge >= 0.3 is 19.0 Å². The van der Waals surface area contributed by atoms with Crippen LogP contribution in [0.4, 0.5) is 17.3 Å². The van der Waals surface area contributed by atoms with E-state index in [9.17, 15) is 22.1 Å². The lowest BCUT2D eigenvalue weighted by molar-refractivity contribution is -0.591. The minimum atomic E-state index is -6.00. The van der Waals surface area contributed by atoms with Crippen molar-refractivity contribution in [3.8, 4) is 28.2 Å². The van der Waals surface area contributed by atoms with Crippen molar-refractivity contribution in [1.29, 1.82) is 0 Å². The van der Waals surface area contributed by atoms with Crippen LogP contribution in [0.5, 0.6) is 0 Å². The monoisotopic (exact) mass is 494 g/mol. The number of carbonyl (C=O) groups excluding carboxylic acids is 1. The number of carbonyl (C=O) groups is 1. The highest BCUT2D eigenvalue weighted by atomic mass is 19.5. The van der Waals surface area contributed by atoms with Crippen molar-refractivity contribution in [3.05, 3.63) is 102 Å². The number of pyridine rings is 2. The molecule has 0 fully saturated rings. The Kier molecular flexibility index (Phi) is 7.48. The van der Waals surface area contributed by atoms with Crippen LogP contribution in [0.25, 0.3) is 28.2 Å². The third-order valence-electron chi connectivity index (χ3n) is 5.72. The van der Waals surface area contributed by atoms with Crippen molar-refractivity contribution in [1.82, 2.24) is 4.98 Å². The zero-order chi connectivity index (χ0) is 25.7. The predicted molar refractivity (Wildman–Crippen MR) is 130 cm³/mol. The van der Waals surface area contributed by atoms with Crippen LogP contribution >= 0.6 is 0 Å². The maximum atomic E-state index is 13.1. The molecule has 2 aromatic heterocycles. The van der Waals surface area contributed by atoms with E-state index in [0.29, 0.717) is 18.1 Å². The zero-order valence-corrected chi connectivity index (χ0v) is 19.5. The predicted octanol–water partition coefficient (Wildman–Crippen LogP) is 6.27. The quantitative estimate of drug-likeness (QED) is 0.146. The number of aromatic nitrogens is 2. The zero-order valence-electron chi connectivity index (χ0n) is 19.5. The van der Waals surface area contributed by atoms with Gasteiger partial charge in [-0.2, -0.15) is 4.57 Å². The summed E-state index contributed by atoms with van der Waals surface area (Å²) in [6, 6.07) is 26.4. The van der Waals surface area contributed by atoms with Gasteiger partial charge in [0, 0.05) is 23.3 Å². The van der Waals surface area contributed by atoms with Gasteiger partial charge in [0.1, 0.15) is 11.9 Å². The number of fused-ring (bicyclic) bond motifs is 3. The van der Waals surface area contributed by atoms with Gasteiger partial charge in [-0.3, -0.25) is 0 Å². The molecule has 1 aliphatic carbocycles. The normalized spacial score (nSPS) is 12.0. The minimum Gasteiger partial charge on any atom is -0.460 e. The van der Waals surface area contributed by atoms with E-state index in [1.165, 1.54) is 11.1 Å². The molecular formula is C27H23BF4N2O2. The van der Waals surface area contributed by atoms with Crippen LogP contribution in [0.15, 0.2) is 85.1 Å². The molecule has 2 heterocycles. The van der Waals surface area contributed by atoms with E-state index in [1.807, 2.05) is 54.0 Å². The maximum absolute atomic E-state index is 13.1. The van der Waals surface area contributed by atoms with Crippen molar-refractivity contribution in [2.75, 3.05) is 6.61 Å². The lowest BCUT2D eigenvalue weighted by Gasteiger charge is -2.24. The fraction of sp³-hybridized carbons (Fsp3) is 0.148. The first-order chi connectivity index (χ1) is 17.3. The summed E-state index contributed by atoms with van der Waals surface area (Å²) in [5, 5.41) is 0. The Balaban J connectivity index is 0.000000556. The molecule has 0 bridgehead atoms. The molecule has 0 atom stereocenters. The molecule has 2 aromatic carbocycles. The summed E-state index contributed by atoms with van der Waals surface area (Å²) in [4.78, 5) is 17.7. The number of ether oxygens (including phenoxy) is 1. The topological polar surface area (TPSA) is 43.1 Å². The second kappa shape index (κ2) is 10.7. The maximum Gasteiger partial charge on any atom is 0.673 e. The fourth-order valence-corrected chi connectivity index (χ4v) is 4.39. The van der Waals surface area contributed by atoms with Gasteiger partial charge < -0.3 is 22.0 Å². The van der Waals surface area contributed by atoms with Crippen LogP contribution in [0.2, 0.25) is 0 Å². The first-order valence-electron chi connectivity index (χ1n) is 11.5. The summed E-state index contributed by atoms with van der Waals surface area (Å²) in [6.45, 7) is 2.14. The summed E-state index contributed by atoms with van der Waals surface area (Å²) in [6.07, 6.45) is 3.61. The first-order valence-corrected chi connectivity index (χ1v) is 11.5. The Morgan fingerprint density at radius 1 is 0.917 bits per heavy atom. The van der Waals surface area contributed by atoms with E-state index in [1.54, 1.807) is 6.20 Å². The molecule has 0 unspecified atom stereocenters. The van der Waals surface area contributed by atoms with Crippen molar-refractivity contribution >= 4 is 13.2 Å². The molecule has 0 spiro atoms. The highest BCUT2D eigenvalue weighted by Crippen LogP contribution is 2.38. The van der Waals surface area contributed by atoms with E-state index in [-0.39, 0.29) is 5.97 Å². The van der Waals surface area contributed by atoms with Gasteiger partial charge in [-0.05, 0) is 47.5 Å². The molecule has 4 nitrogen and oxygen atoms in total. The Labute approximate surface area is 206 Å². The molecule has 0 aliphatic heterocycles. The van der Waals surface area contributed by atoms with Crippen LogP contribution in [0, 0.1) is 0 Å². The molecule has 4 aromatic rings. The molecule has 0 radical (unpaired) electrons. The lowest BCUT2D eigenvalue weighted by atomic mass is 9.84. The van der Waals surface area contributed by atoms with Crippen LogP contribution in [-0.4, -0.2) is 24.8 Å². The second-order valence-electron chi connectivity index (χ2n) is 8.03. The van der Waals surface area contributed by atoms with Crippen LogP contribution in [0.1, 0.15) is 28.5 Å². The van der Waals surface area contributed by atoms with Gasteiger partial charge in [0.15, 0.2) is 0 Å². The summed E-state index contributed by atoms with van der Waals surface area (Å²) in [5.41, 5.74) is 7.30. The van der Waals surface area contributed by atoms with Crippen LogP contribution < -0.4 is 4.57 Å². The number of nitrogens with zero attached hydrogens (tertiary/aromatic N) is 2. The Bertz CT molecular complexity index is 1360. The van der Waals surface area contributed by atoms with E-state index in [2.05, 4.69) is 41.4 Å². The van der Waals surface area contributed by atoms with Crippen molar-refractivity contribution < 1.29 is 31.4 Å². The second-order valence-corrected chi connectivity index (χ2v) is 8.03. The average molecular weight is 494 g/mol. The number of esters is 1. The number of benzene rings is 2. The molecule has 0 saturated carbocycles. The lowest BCUT2D eigenvalue weighted by Crippen LogP contribution is -2.43. The van der Waals surface area contributed by atoms with E-state index in [4.69, 9.17) is 4.74 Å².